The molecule has 0 amide bonds. The first kappa shape index (κ1) is 23.5. The van der Waals surface area contributed by atoms with Gasteiger partial charge in [-0.15, -0.1) is 29.7 Å². The fourth-order valence-corrected chi connectivity index (χ4v) is 3.66. The fraction of sp³-hybridized carbons (Fsp3) is 0.150. The maximum Gasteiger partial charge on any atom is 3.00 e. The summed E-state index contributed by atoms with van der Waals surface area (Å²) in [5.74, 6) is 0. The van der Waals surface area contributed by atoms with Gasteiger partial charge in [-0.1, -0.05) is 54.7 Å². The number of benzene rings is 2. The first-order chi connectivity index (χ1) is 10.2. The molecule has 2 radical (unpaired) electrons. The number of rotatable bonds is 1. The van der Waals surface area contributed by atoms with Crippen molar-refractivity contribution in [1.29, 1.82) is 0 Å². The van der Waals surface area contributed by atoms with Gasteiger partial charge in [0.15, 0.2) is 0 Å². The standard InChI is InChI=1S/C11H13Si.C9H7.2ClH.Zr/c1-12(2)11-7-9-5-3-4-6-10(9)8-11;1-2-5-9-7-3-6-8(9)4-1;;;/h3-7H,8H2,1-2H3;1-7H;2*1H;/q;-1;;;+3/p-2. The smallest absolute Gasteiger partial charge is 1.00 e. The van der Waals surface area contributed by atoms with Gasteiger partial charge in [-0.2, -0.15) is 17.5 Å². The number of halogens is 2. The zero-order chi connectivity index (χ0) is 14.7. The van der Waals surface area contributed by atoms with Crippen LogP contribution in [0.3, 0.4) is 0 Å². The minimum absolute atomic E-state index is 0. The summed E-state index contributed by atoms with van der Waals surface area (Å²) in [6.07, 6.45) is 3.58. The van der Waals surface area contributed by atoms with Gasteiger partial charge in [-0.05, 0) is 17.5 Å². The van der Waals surface area contributed by atoms with Crippen LogP contribution < -0.4 is 24.8 Å². The molecule has 0 fully saturated rings. The molecular weight excluding hydrogens is 430 g/mol. The van der Waals surface area contributed by atoms with Crippen LogP contribution in [0.5, 0.6) is 0 Å². The molecule has 3 aromatic carbocycles. The molecule has 0 saturated heterocycles. The molecule has 0 saturated carbocycles. The summed E-state index contributed by atoms with van der Waals surface area (Å²) in [6, 6.07) is 23.4. The molecule has 4 rings (SSSR count). The van der Waals surface area contributed by atoms with Gasteiger partial charge in [-0.3, -0.25) is 0 Å². The van der Waals surface area contributed by atoms with Gasteiger partial charge in [-0.25, -0.2) is 0 Å². The van der Waals surface area contributed by atoms with Crippen molar-refractivity contribution in [2.24, 2.45) is 0 Å². The Bertz CT molecular complexity index is 748. The zero-order valence-corrected chi connectivity index (χ0v) is 18.9. The molecule has 0 nitrogen and oxygen atoms in total. The van der Waals surface area contributed by atoms with E-state index in [9.17, 15) is 0 Å². The quantitative estimate of drug-likeness (QED) is 0.346. The number of hydrogen-bond acceptors (Lipinski definition) is 0. The van der Waals surface area contributed by atoms with Crippen molar-refractivity contribution in [2.45, 2.75) is 19.5 Å². The minimum Gasteiger partial charge on any atom is -1.00 e. The average Bonchev–Trinajstić information content (AvgIpc) is 3.14. The van der Waals surface area contributed by atoms with Gasteiger partial charge in [0, 0.05) is 0 Å². The Morgan fingerprint density at radius 1 is 0.875 bits per heavy atom. The molecule has 4 heteroatoms. The van der Waals surface area contributed by atoms with Crippen LogP contribution in [-0.2, 0) is 32.6 Å². The van der Waals surface area contributed by atoms with Crippen LogP contribution in [0.15, 0.2) is 71.9 Å². The number of allylic oxidation sites excluding steroid dienone is 1. The third kappa shape index (κ3) is 5.77. The van der Waals surface area contributed by atoms with E-state index >= 15 is 0 Å². The van der Waals surface area contributed by atoms with Crippen LogP contribution in [0.25, 0.3) is 16.8 Å². The summed E-state index contributed by atoms with van der Waals surface area (Å²) in [5, 5.41) is 4.33. The second-order valence-electron chi connectivity index (χ2n) is 5.70. The van der Waals surface area contributed by atoms with E-state index in [1.54, 1.807) is 5.20 Å². The van der Waals surface area contributed by atoms with E-state index in [0.29, 0.717) is 0 Å². The molecule has 24 heavy (non-hydrogen) atoms. The molecule has 0 spiro atoms. The van der Waals surface area contributed by atoms with Crippen molar-refractivity contribution in [1.82, 2.24) is 0 Å². The van der Waals surface area contributed by atoms with Crippen molar-refractivity contribution in [3.63, 3.8) is 0 Å². The normalized spacial score (nSPS) is 11.2. The van der Waals surface area contributed by atoms with E-state index in [1.807, 2.05) is 0 Å². The SMILES string of the molecule is C[Si](C)C1=Cc2ccccc2C1.[Cl-].[Cl-].[Zr+3].c1ccc2[cH-]ccc2c1. The molecule has 0 heterocycles. The summed E-state index contributed by atoms with van der Waals surface area (Å²) >= 11 is 0. The molecule has 1 aliphatic carbocycles. The van der Waals surface area contributed by atoms with Gasteiger partial charge >= 0.3 is 26.2 Å². The van der Waals surface area contributed by atoms with Gasteiger partial charge < -0.3 is 24.8 Å². The molecule has 0 unspecified atom stereocenters. The molecule has 0 aliphatic heterocycles. The Balaban J connectivity index is 0.000000402. The molecule has 0 atom stereocenters. The fourth-order valence-electron chi connectivity index (χ4n) is 2.67. The summed E-state index contributed by atoms with van der Waals surface area (Å²) in [6.45, 7) is 4.73. The van der Waals surface area contributed by atoms with E-state index in [0.717, 1.165) is 0 Å². The maximum absolute atomic E-state index is 2.38. The maximum atomic E-state index is 2.38. The first-order valence-electron chi connectivity index (χ1n) is 7.43. The van der Waals surface area contributed by atoms with E-state index in [2.05, 4.69) is 85.9 Å². The topological polar surface area (TPSA) is 0 Å². The van der Waals surface area contributed by atoms with Gasteiger partial charge in [0.1, 0.15) is 0 Å². The third-order valence-corrected chi connectivity index (χ3v) is 5.56. The summed E-state index contributed by atoms with van der Waals surface area (Å²) in [4.78, 5) is 0. The van der Waals surface area contributed by atoms with Crippen molar-refractivity contribution in [3.8, 4) is 0 Å². The molecule has 3 aromatic rings. The van der Waals surface area contributed by atoms with Gasteiger partial charge in [0.25, 0.3) is 0 Å². The molecule has 122 valence electrons. The van der Waals surface area contributed by atoms with E-state index in [1.165, 1.54) is 28.3 Å². The number of fused-ring (bicyclic) bond motifs is 2. The Hall–Kier alpha value is -0.530. The van der Waals surface area contributed by atoms with E-state index < -0.39 is 0 Å². The summed E-state index contributed by atoms with van der Waals surface area (Å²) in [5.41, 5.74) is 2.96. The van der Waals surface area contributed by atoms with Crippen LogP contribution in [-0.4, -0.2) is 8.80 Å². The molecule has 0 aromatic heterocycles. The van der Waals surface area contributed by atoms with Crippen LogP contribution in [0.1, 0.15) is 11.1 Å². The monoisotopic (exact) mass is 448 g/mol. The Labute approximate surface area is 178 Å². The Morgan fingerprint density at radius 2 is 1.54 bits per heavy atom. The molecular formula is C20H20Cl2SiZr. The van der Waals surface area contributed by atoms with Gasteiger partial charge in [0.2, 0.25) is 0 Å². The predicted octanol–water partition coefficient (Wildman–Crippen LogP) is -0.516. The largest absolute Gasteiger partial charge is 3.00 e. The second-order valence-corrected chi connectivity index (χ2v) is 8.34. The van der Waals surface area contributed by atoms with Crippen LogP contribution >= 0.6 is 0 Å². The van der Waals surface area contributed by atoms with Gasteiger partial charge in [0.05, 0.1) is 8.80 Å². The van der Waals surface area contributed by atoms with Crippen molar-refractivity contribution < 1.29 is 51.0 Å². The molecule has 1 aliphatic rings. The van der Waals surface area contributed by atoms with Crippen molar-refractivity contribution in [3.05, 3.63) is 83.1 Å². The van der Waals surface area contributed by atoms with E-state index in [-0.39, 0.29) is 59.8 Å². The molecule has 0 N–H and O–H groups in total. The average molecular weight is 451 g/mol. The minimum atomic E-state index is -0.218. The van der Waals surface area contributed by atoms with Crippen LogP contribution in [0, 0.1) is 0 Å². The Morgan fingerprint density at radius 3 is 2.21 bits per heavy atom. The first-order valence-corrected chi connectivity index (χ1v) is 9.93. The summed E-state index contributed by atoms with van der Waals surface area (Å²) < 4.78 is 0. The van der Waals surface area contributed by atoms with Crippen LogP contribution in [0.4, 0.5) is 0 Å². The third-order valence-electron chi connectivity index (χ3n) is 3.96. The number of hydrogen-bond donors (Lipinski definition) is 0. The zero-order valence-electron chi connectivity index (χ0n) is 13.9. The van der Waals surface area contributed by atoms with Crippen molar-refractivity contribution >= 4 is 25.6 Å². The van der Waals surface area contributed by atoms with Crippen molar-refractivity contribution in [2.75, 3.05) is 0 Å². The Kier molecular flexibility index (Phi) is 10.9. The predicted molar refractivity (Wildman–Crippen MR) is 95.1 cm³/mol. The molecule has 0 bridgehead atoms. The second kappa shape index (κ2) is 11.2. The summed E-state index contributed by atoms with van der Waals surface area (Å²) in [7, 11) is -0.218. The van der Waals surface area contributed by atoms with E-state index in [4.69, 9.17) is 0 Å². The van der Waals surface area contributed by atoms with Crippen LogP contribution in [0.2, 0.25) is 13.1 Å².